The largest absolute Gasteiger partial charge is 0.497 e. The fourth-order valence-electron chi connectivity index (χ4n) is 3.51. The molecule has 1 aliphatic heterocycles. The quantitative estimate of drug-likeness (QED) is 0.734. The molecule has 30 heavy (non-hydrogen) atoms. The molecule has 1 aliphatic rings. The third kappa shape index (κ3) is 5.23. The molecule has 1 saturated heterocycles. The van der Waals surface area contributed by atoms with E-state index < -0.39 is 0 Å². The summed E-state index contributed by atoms with van der Waals surface area (Å²) in [5.74, 6) is 0.791. The predicted octanol–water partition coefficient (Wildman–Crippen LogP) is 2.51. The monoisotopic (exact) mass is 410 g/mol. The lowest BCUT2D eigenvalue weighted by molar-refractivity contribution is -0.129. The van der Waals surface area contributed by atoms with E-state index in [1.807, 2.05) is 49.1 Å². The fourth-order valence-corrected chi connectivity index (χ4v) is 3.51. The number of carbonyl (C=O) groups excluding carboxylic acids is 2. The molecular formula is C23H30N4O3. The number of carbonyl (C=O) groups is 2. The maximum absolute atomic E-state index is 12.7. The number of aryl methyl sites for hydroxylation is 1. The van der Waals surface area contributed by atoms with Gasteiger partial charge in [0, 0.05) is 49.7 Å². The Morgan fingerprint density at radius 2 is 1.73 bits per heavy atom. The van der Waals surface area contributed by atoms with Crippen molar-refractivity contribution in [2.75, 3.05) is 56.6 Å². The minimum absolute atomic E-state index is 0.0622. The van der Waals surface area contributed by atoms with Gasteiger partial charge in [0.15, 0.2) is 0 Å². The van der Waals surface area contributed by atoms with E-state index in [1.165, 1.54) is 0 Å². The summed E-state index contributed by atoms with van der Waals surface area (Å²) < 4.78 is 5.21. The molecular weight excluding hydrogens is 380 g/mol. The summed E-state index contributed by atoms with van der Waals surface area (Å²) in [4.78, 5) is 28.9. The smallest absolute Gasteiger partial charge is 0.251 e. The third-order valence-corrected chi connectivity index (χ3v) is 5.34. The van der Waals surface area contributed by atoms with Crippen molar-refractivity contribution in [3.63, 3.8) is 0 Å². The van der Waals surface area contributed by atoms with E-state index in [2.05, 4.69) is 15.5 Å². The molecule has 0 atom stereocenters. The zero-order chi connectivity index (χ0) is 21.5. The van der Waals surface area contributed by atoms with E-state index in [4.69, 9.17) is 4.74 Å². The van der Waals surface area contributed by atoms with E-state index in [0.717, 1.165) is 35.8 Å². The van der Waals surface area contributed by atoms with Gasteiger partial charge in [-0.3, -0.25) is 9.59 Å². The molecule has 0 unspecified atom stereocenters. The summed E-state index contributed by atoms with van der Waals surface area (Å²) in [6.07, 6.45) is 0. The number of hydrogen-bond donors (Lipinski definition) is 2. The van der Waals surface area contributed by atoms with Crippen molar-refractivity contribution in [1.29, 1.82) is 0 Å². The number of hydrogen-bond acceptors (Lipinski definition) is 5. The predicted molar refractivity (Wildman–Crippen MR) is 119 cm³/mol. The Hall–Kier alpha value is -3.22. The van der Waals surface area contributed by atoms with Gasteiger partial charge in [0.25, 0.3) is 5.91 Å². The fraction of sp³-hybridized carbons (Fsp3) is 0.391. The highest BCUT2D eigenvalue weighted by Crippen LogP contribution is 2.21. The van der Waals surface area contributed by atoms with Crippen molar-refractivity contribution in [1.82, 2.24) is 10.2 Å². The molecule has 1 heterocycles. The Morgan fingerprint density at radius 1 is 1.03 bits per heavy atom. The summed E-state index contributed by atoms with van der Waals surface area (Å²) >= 11 is 0. The Labute approximate surface area is 178 Å². The maximum Gasteiger partial charge on any atom is 0.251 e. The molecule has 160 valence electrons. The number of nitrogens with zero attached hydrogens (tertiary/aromatic N) is 2. The average molecular weight is 411 g/mol. The van der Waals surface area contributed by atoms with E-state index in [-0.39, 0.29) is 18.4 Å². The molecule has 0 aliphatic carbocycles. The van der Waals surface area contributed by atoms with Gasteiger partial charge in [0.05, 0.1) is 13.7 Å². The second kappa shape index (κ2) is 10.0. The van der Waals surface area contributed by atoms with Gasteiger partial charge in [-0.2, -0.15) is 0 Å². The van der Waals surface area contributed by atoms with E-state index in [0.29, 0.717) is 25.2 Å². The molecule has 1 fully saturated rings. The zero-order valence-corrected chi connectivity index (χ0v) is 17.9. The number of anilines is 2. The number of nitrogens with one attached hydrogen (secondary N) is 2. The highest BCUT2D eigenvalue weighted by molar-refractivity contribution is 5.95. The first kappa shape index (κ1) is 21.5. The van der Waals surface area contributed by atoms with Crippen molar-refractivity contribution in [3.8, 4) is 5.75 Å². The van der Waals surface area contributed by atoms with Crippen LogP contribution in [0.5, 0.6) is 5.75 Å². The van der Waals surface area contributed by atoms with Gasteiger partial charge < -0.3 is 25.2 Å². The molecule has 0 spiro atoms. The highest BCUT2D eigenvalue weighted by atomic mass is 16.5. The first-order valence-corrected chi connectivity index (χ1v) is 10.3. The van der Waals surface area contributed by atoms with Crippen LogP contribution in [0.15, 0.2) is 42.5 Å². The zero-order valence-electron chi connectivity index (χ0n) is 17.9. The number of amides is 2. The van der Waals surface area contributed by atoms with Crippen LogP contribution in [0.3, 0.4) is 0 Å². The summed E-state index contributed by atoms with van der Waals surface area (Å²) in [6, 6.07) is 13.5. The Morgan fingerprint density at radius 3 is 2.37 bits per heavy atom. The molecule has 3 rings (SSSR count). The van der Waals surface area contributed by atoms with Gasteiger partial charge in [0.2, 0.25) is 5.91 Å². The molecule has 7 nitrogen and oxygen atoms in total. The second-order valence-corrected chi connectivity index (χ2v) is 7.31. The van der Waals surface area contributed by atoms with Crippen LogP contribution in [-0.2, 0) is 4.79 Å². The Balaban J connectivity index is 1.52. The lowest BCUT2D eigenvalue weighted by Gasteiger charge is -2.36. The van der Waals surface area contributed by atoms with Crippen LogP contribution in [0.25, 0.3) is 0 Å². The van der Waals surface area contributed by atoms with Gasteiger partial charge in [-0.15, -0.1) is 0 Å². The summed E-state index contributed by atoms with van der Waals surface area (Å²) in [5, 5.41) is 6.00. The van der Waals surface area contributed by atoms with E-state index in [1.54, 1.807) is 19.2 Å². The van der Waals surface area contributed by atoms with Crippen LogP contribution in [0.4, 0.5) is 11.4 Å². The van der Waals surface area contributed by atoms with Gasteiger partial charge in [-0.1, -0.05) is 6.07 Å². The molecule has 2 aromatic rings. The van der Waals surface area contributed by atoms with Crippen molar-refractivity contribution in [2.45, 2.75) is 13.8 Å². The standard InChI is InChI=1S/C23H30N4O3/c1-4-24-23(29)18-6-5-17(2)21(15-18)25-16-22(28)27-13-11-26(12-14-27)19-7-9-20(30-3)10-8-19/h5-10,15,25H,4,11-14,16H2,1-3H3,(H,24,29). The third-order valence-electron chi connectivity index (χ3n) is 5.34. The molecule has 0 bridgehead atoms. The lowest BCUT2D eigenvalue weighted by Crippen LogP contribution is -2.50. The van der Waals surface area contributed by atoms with Crippen molar-refractivity contribution in [2.24, 2.45) is 0 Å². The molecule has 2 amide bonds. The minimum atomic E-state index is -0.110. The van der Waals surface area contributed by atoms with E-state index in [9.17, 15) is 9.59 Å². The number of methoxy groups -OCH3 is 1. The van der Waals surface area contributed by atoms with Gasteiger partial charge in [-0.05, 0) is 55.8 Å². The lowest BCUT2D eigenvalue weighted by atomic mass is 10.1. The molecule has 0 saturated carbocycles. The van der Waals surface area contributed by atoms with Crippen LogP contribution in [0, 0.1) is 6.92 Å². The maximum atomic E-state index is 12.7. The first-order valence-electron chi connectivity index (χ1n) is 10.3. The second-order valence-electron chi connectivity index (χ2n) is 7.31. The first-order chi connectivity index (χ1) is 14.5. The van der Waals surface area contributed by atoms with Crippen LogP contribution >= 0.6 is 0 Å². The topological polar surface area (TPSA) is 73.9 Å². The molecule has 0 aromatic heterocycles. The number of piperazine rings is 1. The summed E-state index contributed by atoms with van der Waals surface area (Å²) in [7, 11) is 1.66. The highest BCUT2D eigenvalue weighted by Gasteiger charge is 2.21. The van der Waals surface area contributed by atoms with Gasteiger partial charge in [0.1, 0.15) is 5.75 Å². The molecule has 0 radical (unpaired) electrons. The SMILES string of the molecule is CCNC(=O)c1ccc(C)c(NCC(=O)N2CCN(c3ccc(OC)cc3)CC2)c1. The van der Waals surface area contributed by atoms with E-state index >= 15 is 0 Å². The van der Waals surface area contributed by atoms with Gasteiger partial charge in [-0.25, -0.2) is 0 Å². The Bertz CT molecular complexity index is 875. The molecule has 7 heteroatoms. The van der Waals surface area contributed by atoms with Crippen molar-refractivity contribution >= 4 is 23.2 Å². The number of ether oxygens (including phenoxy) is 1. The number of benzene rings is 2. The average Bonchev–Trinajstić information content (AvgIpc) is 2.78. The van der Waals surface area contributed by atoms with Crippen LogP contribution in [0.1, 0.15) is 22.8 Å². The number of rotatable bonds is 7. The normalized spacial score (nSPS) is 13.7. The van der Waals surface area contributed by atoms with Crippen LogP contribution < -0.4 is 20.3 Å². The molecule has 2 N–H and O–H groups in total. The van der Waals surface area contributed by atoms with Crippen molar-refractivity contribution in [3.05, 3.63) is 53.6 Å². The molecule has 2 aromatic carbocycles. The minimum Gasteiger partial charge on any atom is -0.497 e. The Kier molecular flexibility index (Phi) is 7.17. The van der Waals surface area contributed by atoms with Crippen LogP contribution in [0.2, 0.25) is 0 Å². The summed E-state index contributed by atoms with van der Waals surface area (Å²) in [6.45, 7) is 7.60. The summed E-state index contributed by atoms with van der Waals surface area (Å²) in [5.41, 5.74) is 3.54. The van der Waals surface area contributed by atoms with Gasteiger partial charge >= 0.3 is 0 Å². The van der Waals surface area contributed by atoms with Crippen molar-refractivity contribution < 1.29 is 14.3 Å². The van der Waals surface area contributed by atoms with Crippen LogP contribution in [-0.4, -0.2) is 63.1 Å².